The second kappa shape index (κ2) is 3.96. The second-order valence-electron chi connectivity index (χ2n) is 1.42. The van der Waals surface area contributed by atoms with Gasteiger partial charge in [-0.3, -0.25) is 0 Å². The smallest absolute Gasteiger partial charge is 0.153 e. The molecule has 0 radical (unpaired) electrons. The van der Waals surface area contributed by atoms with Crippen molar-refractivity contribution in [1.82, 2.24) is 0 Å². The van der Waals surface area contributed by atoms with Crippen LogP contribution in [0.1, 0.15) is 0 Å². The van der Waals surface area contributed by atoms with Gasteiger partial charge in [-0.15, -0.1) is 11.6 Å². The van der Waals surface area contributed by atoms with Gasteiger partial charge in [0.25, 0.3) is 0 Å². The first-order valence-corrected chi connectivity index (χ1v) is 4.16. The molecular formula is C3H7Cl3OSi. The van der Waals surface area contributed by atoms with Crippen molar-refractivity contribution in [2.75, 3.05) is 12.5 Å². The molecule has 5 heteroatoms. The largest absolute Gasteiger partial charge is 0.425 e. The molecule has 0 saturated heterocycles. The van der Waals surface area contributed by atoms with Crippen LogP contribution in [0.25, 0.3) is 0 Å². The maximum absolute atomic E-state index is 5.55. The van der Waals surface area contributed by atoms with Crippen LogP contribution in [0.2, 0.25) is 0 Å². The van der Waals surface area contributed by atoms with Crippen molar-refractivity contribution in [1.29, 1.82) is 0 Å². The predicted octanol–water partition coefficient (Wildman–Crippen LogP) is 0.696. The predicted molar refractivity (Wildman–Crippen MR) is 41.0 cm³/mol. The van der Waals surface area contributed by atoms with Crippen LogP contribution in [-0.2, 0) is 4.43 Å². The van der Waals surface area contributed by atoms with Gasteiger partial charge < -0.3 is 4.43 Å². The quantitative estimate of drug-likeness (QED) is 0.474. The van der Waals surface area contributed by atoms with E-state index in [2.05, 4.69) is 0 Å². The van der Waals surface area contributed by atoms with Crippen molar-refractivity contribution in [3.63, 3.8) is 0 Å². The highest BCUT2D eigenvalue weighted by atomic mass is 35.5. The number of hydrogen-bond acceptors (Lipinski definition) is 1. The van der Waals surface area contributed by atoms with Gasteiger partial charge >= 0.3 is 0 Å². The first kappa shape index (κ1) is 9.05. The van der Waals surface area contributed by atoms with E-state index in [9.17, 15) is 0 Å². The van der Waals surface area contributed by atoms with Gasteiger partial charge in [0, 0.05) is 0 Å². The SMILES string of the molecule is [SiH3]OCC(Cl)(Cl)CCl. The van der Waals surface area contributed by atoms with E-state index in [4.69, 9.17) is 39.2 Å². The lowest BCUT2D eigenvalue weighted by Crippen LogP contribution is -2.21. The Bertz CT molecular complexity index is 67.5. The highest BCUT2D eigenvalue weighted by Gasteiger charge is 2.21. The maximum Gasteiger partial charge on any atom is 0.153 e. The maximum atomic E-state index is 5.55. The van der Waals surface area contributed by atoms with Gasteiger partial charge in [0.05, 0.1) is 12.5 Å². The summed E-state index contributed by atoms with van der Waals surface area (Å²) in [6.45, 7) is 0.325. The van der Waals surface area contributed by atoms with Crippen LogP contribution < -0.4 is 0 Å². The minimum Gasteiger partial charge on any atom is -0.425 e. The summed E-state index contributed by atoms with van der Waals surface area (Å²) in [7, 11) is 0.647. The van der Waals surface area contributed by atoms with Gasteiger partial charge in [-0.2, -0.15) is 0 Å². The average Bonchev–Trinajstić information content (AvgIpc) is 1.67. The summed E-state index contributed by atoms with van der Waals surface area (Å²) in [4.78, 5) is 0. The first-order chi connectivity index (χ1) is 3.62. The van der Waals surface area contributed by atoms with E-state index in [1.54, 1.807) is 0 Å². The second-order valence-corrected chi connectivity index (χ2v) is 3.91. The summed E-state index contributed by atoms with van der Waals surface area (Å²) in [6, 6.07) is 0. The van der Waals surface area contributed by atoms with Crippen molar-refractivity contribution in [2.24, 2.45) is 0 Å². The summed E-state index contributed by atoms with van der Waals surface area (Å²) in [5.41, 5.74) is 0. The van der Waals surface area contributed by atoms with Gasteiger partial charge in [-0.05, 0) is 0 Å². The normalized spacial score (nSPS) is 12.4. The fourth-order valence-electron chi connectivity index (χ4n) is 0.250. The Hall–Kier alpha value is 1.05. The number of alkyl halides is 3. The summed E-state index contributed by atoms with van der Waals surface area (Å²) in [5.74, 6) is 0.207. The zero-order valence-corrected chi connectivity index (χ0v) is 8.72. The molecule has 8 heavy (non-hydrogen) atoms. The van der Waals surface area contributed by atoms with E-state index < -0.39 is 4.33 Å². The van der Waals surface area contributed by atoms with Crippen molar-refractivity contribution in [3.8, 4) is 0 Å². The van der Waals surface area contributed by atoms with E-state index in [-0.39, 0.29) is 5.88 Å². The highest BCUT2D eigenvalue weighted by Crippen LogP contribution is 2.21. The number of halogens is 3. The molecule has 0 spiro atoms. The summed E-state index contributed by atoms with van der Waals surface area (Å²) in [6.07, 6.45) is 0. The van der Waals surface area contributed by atoms with Crippen LogP contribution in [0.15, 0.2) is 0 Å². The third-order valence-corrected chi connectivity index (χ3v) is 2.06. The van der Waals surface area contributed by atoms with Crippen molar-refractivity contribution < 1.29 is 4.43 Å². The zero-order chi connectivity index (χ0) is 6.62. The number of hydrogen-bond donors (Lipinski definition) is 0. The third kappa shape index (κ3) is 3.98. The molecule has 0 amide bonds. The molecule has 0 aromatic rings. The summed E-state index contributed by atoms with van der Waals surface area (Å²) >= 11 is 16.4. The monoisotopic (exact) mass is 192 g/mol. The lowest BCUT2D eigenvalue weighted by molar-refractivity contribution is 0.340. The standard InChI is InChI=1S/C3H7Cl3OSi/c4-1-3(5,6)2-7-8/h1-2H2,8H3. The third-order valence-electron chi connectivity index (χ3n) is 0.551. The minimum absolute atomic E-state index is 0.207. The lowest BCUT2D eigenvalue weighted by atomic mass is 10.5. The molecule has 0 aliphatic heterocycles. The Morgan fingerprint density at radius 3 is 2.12 bits per heavy atom. The number of rotatable bonds is 3. The van der Waals surface area contributed by atoms with Gasteiger partial charge in [-0.25, -0.2) is 0 Å². The van der Waals surface area contributed by atoms with Gasteiger partial charge in [0.15, 0.2) is 4.33 Å². The van der Waals surface area contributed by atoms with Gasteiger partial charge in [0.2, 0.25) is 0 Å². The zero-order valence-electron chi connectivity index (χ0n) is 4.46. The van der Waals surface area contributed by atoms with Crippen molar-refractivity contribution >= 4 is 45.3 Å². The van der Waals surface area contributed by atoms with Crippen LogP contribution in [0.5, 0.6) is 0 Å². The van der Waals surface area contributed by atoms with Crippen molar-refractivity contribution in [3.05, 3.63) is 0 Å². The lowest BCUT2D eigenvalue weighted by Gasteiger charge is -2.13. The molecule has 0 atom stereocenters. The topological polar surface area (TPSA) is 9.23 Å². The molecule has 0 saturated carbocycles. The molecule has 0 fully saturated rings. The fraction of sp³-hybridized carbons (Fsp3) is 1.00. The van der Waals surface area contributed by atoms with Crippen molar-refractivity contribution in [2.45, 2.75) is 4.33 Å². The molecule has 0 unspecified atom stereocenters. The minimum atomic E-state index is -0.886. The van der Waals surface area contributed by atoms with Crippen LogP contribution in [0.4, 0.5) is 0 Å². The van der Waals surface area contributed by atoms with E-state index in [1.165, 1.54) is 0 Å². The molecule has 0 aliphatic carbocycles. The average molecular weight is 194 g/mol. The summed E-state index contributed by atoms with van der Waals surface area (Å²) in [5, 5.41) is 0. The van der Waals surface area contributed by atoms with Gasteiger partial charge in [0.1, 0.15) is 10.5 Å². The molecule has 50 valence electrons. The van der Waals surface area contributed by atoms with E-state index >= 15 is 0 Å². The van der Waals surface area contributed by atoms with E-state index in [0.29, 0.717) is 17.1 Å². The Morgan fingerprint density at radius 2 is 2.00 bits per heavy atom. The molecule has 0 N–H and O–H groups in total. The Balaban J connectivity index is 3.37. The van der Waals surface area contributed by atoms with Gasteiger partial charge in [-0.1, -0.05) is 23.2 Å². The molecule has 0 aromatic heterocycles. The molecule has 0 aliphatic rings. The Morgan fingerprint density at radius 1 is 1.50 bits per heavy atom. The fourth-order valence-corrected chi connectivity index (χ4v) is 1.40. The molecular weight excluding hydrogens is 186 g/mol. The Kier molecular flexibility index (Phi) is 4.48. The van der Waals surface area contributed by atoms with Crippen LogP contribution in [-0.4, -0.2) is 27.3 Å². The van der Waals surface area contributed by atoms with Crippen LogP contribution in [0, 0.1) is 0 Å². The molecule has 1 nitrogen and oxygen atoms in total. The first-order valence-electron chi connectivity index (χ1n) is 2.05. The van der Waals surface area contributed by atoms with E-state index in [0.717, 1.165) is 0 Å². The Labute approximate surface area is 66.8 Å². The van der Waals surface area contributed by atoms with E-state index in [1.807, 2.05) is 0 Å². The molecule has 0 bridgehead atoms. The molecule has 0 rings (SSSR count). The van der Waals surface area contributed by atoms with Crippen LogP contribution in [0.3, 0.4) is 0 Å². The molecule has 0 aromatic carbocycles. The molecule has 0 heterocycles. The summed E-state index contributed by atoms with van der Waals surface area (Å²) < 4.78 is 3.90. The highest BCUT2D eigenvalue weighted by molar-refractivity contribution is 6.51. The van der Waals surface area contributed by atoms with Crippen LogP contribution >= 0.6 is 34.8 Å².